The van der Waals surface area contributed by atoms with Gasteiger partial charge in [-0.25, -0.2) is 0 Å². The minimum atomic E-state index is 0.325. The molecular weight excluding hydrogens is 264 g/mol. The molecule has 0 radical (unpaired) electrons. The molecule has 2 atom stereocenters. The van der Waals surface area contributed by atoms with E-state index in [2.05, 4.69) is 31.0 Å². The first-order valence-electron chi connectivity index (χ1n) is 8.56. The van der Waals surface area contributed by atoms with E-state index in [0.29, 0.717) is 11.5 Å². The Balaban J connectivity index is 1.75. The van der Waals surface area contributed by atoms with Gasteiger partial charge in [-0.2, -0.15) is 0 Å². The molecule has 0 aromatic carbocycles. The largest absolute Gasteiger partial charge is 0.385 e. The lowest BCUT2D eigenvalue weighted by Crippen LogP contribution is -2.61. The molecule has 21 heavy (non-hydrogen) atoms. The van der Waals surface area contributed by atoms with Crippen molar-refractivity contribution in [2.24, 2.45) is 11.3 Å². The van der Waals surface area contributed by atoms with Crippen molar-refractivity contribution >= 4 is 0 Å². The van der Waals surface area contributed by atoms with Gasteiger partial charge in [-0.15, -0.1) is 0 Å². The summed E-state index contributed by atoms with van der Waals surface area (Å²) in [4.78, 5) is 2.68. The fourth-order valence-electron chi connectivity index (χ4n) is 3.20. The van der Waals surface area contributed by atoms with Crippen LogP contribution in [0, 0.1) is 11.3 Å². The van der Waals surface area contributed by atoms with Crippen LogP contribution in [0.4, 0.5) is 0 Å². The molecule has 0 bridgehead atoms. The van der Waals surface area contributed by atoms with E-state index in [0.717, 1.165) is 57.8 Å². The maximum absolute atomic E-state index is 5.77. The maximum atomic E-state index is 5.77. The second kappa shape index (κ2) is 7.91. The lowest BCUT2D eigenvalue weighted by Gasteiger charge is -2.45. The molecule has 4 heteroatoms. The van der Waals surface area contributed by atoms with Crippen molar-refractivity contribution in [3.8, 4) is 0 Å². The van der Waals surface area contributed by atoms with Crippen molar-refractivity contribution in [1.29, 1.82) is 0 Å². The fourth-order valence-corrected chi connectivity index (χ4v) is 3.20. The topological polar surface area (TPSA) is 33.7 Å². The van der Waals surface area contributed by atoms with Gasteiger partial charge in [-0.05, 0) is 30.6 Å². The van der Waals surface area contributed by atoms with Gasteiger partial charge in [-0.1, -0.05) is 20.8 Å². The van der Waals surface area contributed by atoms with Crippen LogP contribution in [-0.2, 0) is 9.47 Å². The fraction of sp³-hybridized carbons (Fsp3) is 1.00. The van der Waals surface area contributed by atoms with Crippen molar-refractivity contribution in [1.82, 2.24) is 10.2 Å². The molecule has 0 aromatic heterocycles. The summed E-state index contributed by atoms with van der Waals surface area (Å²) >= 11 is 0. The van der Waals surface area contributed by atoms with Crippen LogP contribution in [0.5, 0.6) is 0 Å². The summed E-state index contributed by atoms with van der Waals surface area (Å²) in [5.74, 6) is 0.923. The lowest BCUT2D eigenvalue weighted by atomic mass is 9.84. The van der Waals surface area contributed by atoms with E-state index < -0.39 is 0 Å². The predicted molar refractivity (Wildman–Crippen MR) is 86.6 cm³/mol. The molecule has 0 spiro atoms. The Morgan fingerprint density at radius 1 is 1.14 bits per heavy atom. The van der Waals surface area contributed by atoms with Gasteiger partial charge in [0.15, 0.2) is 0 Å². The number of ether oxygens (including phenoxy) is 2. The molecule has 1 saturated heterocycles. The van der Waals surface area contributed by atoms with Crippen LogP contribution in [0.3, 0.4) is 0 Å². The second-order valence-corrected chi connectivity index (χ2v) is 7.69. The summed E-state index contributed by atoms with van der Waals surface area (Å²) in [5, 5.41) is 3.78. The Bertz CT molecular complexity index is 300. The molecular formula is C17H34N2O2. The second-order valence-electron chi connectivity index (χ2n) is 7.69. The Morgan fingerprint density at radius 3 is 2.52 bits per heavy atom. The molecule has 1 N–H and O–H groups in total. The highest BCUT2D eigenvalue weighted by molar-refractivity contribution is 4.97. The van der Waals surface area contributed by atoms with Crippen LogP contribution in [0.1, 0.15) is 40.0 Å². The number of hydrogen-bond donors (Lipinski definition) is 1. The van der Waals surface area contributed by atoms with Gasteiger partial charge in [0, 0.05) is 52.0 Å². The van der Waals surface area contributed by atoms with Crippen LogP contribution < -0.4 is 5.32 Å². The van der Waals surface area contributed by atoms with Crippen LogP contribution in [-0.4, -0.2) is 63.5 Å². The molecule has 1 aliphatic heterocycles. The Hall–Kier alpha value is -0.160. The molecule has 2 unspecified atom stereocenters. The minimum absolute atomic E-state index is 0.325. The van der Waals surface area contributed by atoms with Gasteiger partial charge in [0.2, 0.25) is 0 Å². The molecule has 124 valence electrons. The third-order valence-electron chi connectivity index (χ3n) is 4.83. The molecule has 0 aromatic rings. The van der Waals surface area contributed by atoms with E-state index in [1.807, 2.05) is 0 Å². The number of methoxy groups -OCH3 is 1. The average Bonchev–Trinajstić information content (AvgIpc) is 3.26. The number of nitrogens with zero attached hydrogens (tertiary/aromatic N) is 1. The van der Waals surface area contributed by atoms with E-state index in [1.165, 1.54) is 12.8 Å². The molecule has 0 amide bonds. The zero-order valence-electron chi connectivity index (χ0n) is 14.4. The van der Waals surface area contributed by atoms with Gasteiger partial charge in [0.1, 0.15) is 0 Å². The maximum Gasteiger partial charge on any atom is 0.0593 e. The van der Waals surface area contributed by atoms with Crippen molar-refractivity contribution in [3.05, 3.63) is 0 Å². The number of nitrogens with one attached hydrogen (secondary N) is 1. The number of rotatable bonds is 8. The van der Waals surface area contributed by atoms with E-state index in [1.54, 1.807) is 7.11 Å². The summed E-state index contributed by atoms with van der Waals surface area (Å²) in [7, 11) is 1.74. The Morgan fingerprint density at radius 2 is 1.90 bits per heavy atom. The van der Waals surface area contributed by atoms with Crippen LogP contribution in [0.25, 0.3) is 0 Å². The lowest BCUT2D eigenvalue weighted by molar-refractivity contribution is 0.0348. The monoisotopic (exact) mass is 298 g/mol. The van der Waals surface area contributed by atoms with E-state index in [9.17, 15) is 0 Å². The Kier molecular flexibility index (Phi) is 6.48. The predicted octanol–water partition coefficient (Wildman–Crippen LogP) is 2.14. The quantitative estimate of drug-likeness (QED) is 0.696. The van der Waals surface area contributed by atoms with Crippen LogP contribution >= 0.6 is 0 Å². The minimum Gasteiger partial charge on any atom is -0.385 e. The first-order valence-corrected chi connectivity index (χ1v) is 8.56. The van der Waals surface area contributed by atoms with Gasteiger partial charge >= 0.3 is 0 Å². The van der Waals surface area contributed by atoms with E-state index >= 15 is 0 Å². The molecule has 2 rings (SSSR count). The van der Waals surface area contributed by atoms with Crippen LogP contribution in [0.2, 0.25) is 0 Å². The molecule has 4 nitrogen and oxygen atoms in total. The molecule has 1 aliphatic carbocycles. The first kappa shape index (κ1) is 17.2. The molecule has 2 aliphatic rings. The highest BCUT2D eigenvalue weighted by Crippen LogP contribution is 2.37. The molecule has 1 heterocycles. The summed E-state index contributed by atoms with van der Waals surface area (Å²) < 4.78 is 10.8. The number of piperazine rings is 1. The highest BCUT2D eigenvalue weighted by atomic mass is 16.5. The first-order chi connectivity index (χ1) is 10.0. The zero-order chi connectivity index (χ0) is 15.3. The highest BCUT2D eigenvalue weighted by Gasteiger charge is 2.40. The van der Waals surface area contributed by atoms with Gasteiger partial charge in [0.25, 0.3) is 0 Å². The summed E-state index contributed by atoms with van der Waals surface area (Å²) in [6.07, 6.45) is 3.82. The SMILES string of the molecule is COCCCOCCN1CC(C(C)(C)C)NCC1C1CC1. The van der Waals surface area contributed by atoms with Crippen molar-refractivity contribution in [2.75, 3.05) is 46.6 Å². The van der Waals surface area contributed by atoms with Crippen molar-refractivity contribution in [2.45, 2.75) is 52.1 Å². The zero-order valence-corrected chi connectivity index (χ0v) is 14.4. The third-order valence-corrected chi connectivity index (χ3v) is 4.83. The average molecular weight is 298 g/mol. The summed E-state index contributed by atoms with van der Waals surface area (Å²) in [5.41, 5.74) is 0.325. The summed E-state index contributed by atoms with van der Waals surface area (Å²) in [6, 6.07) is 1.31. The van der Waals surface area contributed by atoms with Crippen molar-refractivity contribution < 1.29 is 9.47 Å². The van der Waals surface area contributed by atoms with Gasteiger partial charge in [0.05, 0.1) is 6.61 Å². The van der Waals surface area contributed by atoms with Gasteiger partial charge in [-0.3, -0.25) is 4.90 Å². The van der Waals surface area contributed by atoms with Gasteiger partial charge < -0.3 is 14.8 Å². The standard InChI is InChI=1S/C17H34N2O2/c1-17(2,3)16-13-19(8-11-21-10-5-9-20-4)15(12-18-16)14-6-7-14/h14-16,18H,5-13H2,1-4H3. The summed E-state index contributed by atoms with van der Waals surface area (Å²) in [6.45, 7) is 12.8. The number of hydrogen-bond acceptors (Lipinski definition) is 4. The Labute approximate surface area is 130 Å². The van der Waals surface area contributed by atoms with Crippen molar-refractivity contribution in [3.63, 3.8) is 0 Å². The molecule has 1 saturated carbocycles. The van der Waals surface area contributed by atoms with Crippen LogP contribution in [0.15, 0.2) is 0 Å². The van der Waals surface area contributed by atoms with E-state index in [-0.39, 0.29) is 0 Å². The third kappa shape index (κ3) is 5.51. The smallest absolute Gasteiger partial charge is 0.0593 e. The van der Waals surface area contributed by atoms with E-state index in [4.69, 9.17) is 9.47 Å². The normalized spacial score (nSPS) is 28.0. The molecule has 2 fully saturated rings.